The maximum atomic E-state index is 11.6. The zero-order chi connectivity index (χ0) is 23.2. The van der Waals surface area contributed by atoms with Crippen molar-refractivity contribution in [2.24, 2.45) is 11.8 Å². The van der Waals surface area contributed by atoms with Gasteiger partial charge in [-0.3, -0.25) is 9.69 Å². The third-order valence-corrected chi connectivity index (χ3v) is 6.71. The highest BCUT2D eigenvalue weighted by atomic mass is 16.5. The Morgan fingerprint density at radius 1 is 1.00 bits per heavy atom. The van der Waals surface area contributed by atoms with Gasteiger partial charge in [0.05, 0.1) is 0 Å². The zero-order valence-electron chi connectivity index (χ0n) is 21.4. The van der Waals surface area contributed by atoms with Crippen LogP contribution in [-0.2, 0) is 14.9 Å². The van der Waals surface area contributed by atoms with Crippen molar-refractivity contribution in [1.29, 1.82) is 0 Å². The summed E-state index contributed by atoms with van der Waals surface area (Å²) in [4.78, 5) is 14.4. The molecule has 31 heavy (non-hydrogen) atoms. The first kappa shape index (κ1) is 25.9. The van der Waals surface area contributed by atoms with Crippen LogP contribution >= 0.6 is 0 Å². The normalized spacial score (nSPS) is 20.6. The van der Waals surface area contributed by atoms with Crippen molar-refractivity contribution in [3.8, 4) is 0 Å². The van der Waals surface area contributed by atoms with E-state index in [1.54, 1.807) is 0 Å². The summed E-state index contributed by atoms with van der Waals surface area (Å²) in [6, 6.07) is 10.1. The van der Waals surface area contributed by atoms with Crippen LogP contribution in [0.3, 0.4) is 0 Å². The largest absolute Gasteiger partial charge is 0.462 e. The van der Waals surface area contributed by atoms with Gasteiger partial charge in [-0.1, -0.05) is 72.7 Å². The fraction of sp³-hybridized carbons (Fsp3) is 0.750. The third kappa shape index (κ3) is 8.25. The highest BCUT2D eigenvalue weighted by Gasteiger charge is 2.35. The average molecular weight is 430 g/mol. The minimum absolute atomic E-state index is 0.0249. The Hall–Kier alpha value is -1.35. The molecule has 3 heteroatoms. The predicted molar refractivity (Wildman–Crippen MR) is 131 cm³/mol. The Morgan fingerprint density at radius 3 is 2.00 bits per heavy atom. The number of nitrogens with zero attached hydrogens (tertiary/aromatic N) is 1. The molecule has 0 aliphatic carbocycles. The molecule has 1 aromatic rings. The lowest BCUT2D eigenvalue weighted by Gasteiger charge is -2.44. The van der Waals surface area contributed by atoms with Crippen molar-refractivity contribution < 1.29 is 9.53 Å². The first-order valence-corrected chi connectivity index (χ1v) is 12.5. The summed E-state index contributed by atoms with van der Waals surface area (Å²) in [5.74, 6) is 1.30. The van der Waals surface area contributed by atoms with Crippen molar-refractivity contribution in [2.75, 3.05) is 6.54 Å². The quantitative estimate of drug-likeness (QED) is 0.386. The van der Waals surface area contributed by atoms with Crippen LogP contribution in [0.1, 0.15) is 111 Å². The summed E-state index contributed by atoms with van der Waals surface area (Å²) in [7, 11) is 0. The lowest BCUT2D eigenvalue weighted by atomic mass is 9.84. The van der Waals surface area contributed by atoms with E-state index in [0.29, 0.717) is 12.1 Å². The Labute approximate surface area is 191 Å². The molecule has 1 aromatic carbocycles. The van der Waals surface area contributed by atoms with Crippen molar-refractivity contribution in [3.63, 3.8) is 0 Å². The van der Waals surface area contributed by atoms with Gasteiger partial charge in [-0.15, -0.1) is 0 Å². The van der Waals surface area contributed by atoms with Gasteiger partial charge < -0.3 is 4.74 Å². The van der Waals surface area contributed by atoms with E-state index in [0.717, 1.165) is 31.2 Å². The minimum atomic E-state index is -0.156. The molecule has 1 fully saturated rings. The Morgan fingerprint density at radius 2 is 1.55 bits per heavy atom. The number of likely N-dealkylation sites (tertiary alicyclic amines) is 1. The summed E-state index contributed by atoms with van der Waals surface area (Å²) in [5, 5.41) is 0. The van der Waals surface area contributed by atoms with Crippen LogP contribution in [-0.4, -0.2) is 29.6 Å². The van der Waals surface area contributed by atoms with Crippen molar-refractivity contribution in [2.45, 2.75) is 118 Å². The van der Waals surface area contributed by atoms with Gasteiger partial charge in [0, 0.05) is 32.0 Å². The summed E-state index contributed by atoms with van der Waals surface area (Å²) in [6.45, 7) is 18.6. The Kier molecular flexibility index (Phi) is 9.61. The molecule has 2 unspecified atom stereocenters. The zero-order valence-corrected chi connectivity index (χ0v) is 21.4. The van der Waals surface area contributed by atoms with E-state index in [1.165, 1.54) is 43.7 Å². The molecule has 0 spiro atoms. The molecule has 3 nitrogen and oxygen atoms in total. The highest BCUT2D eigenvalue weighted by Crippen LogP contribution is 2.37. The first-order valence-electron chi connectivity index (χ1n) is 12.5. The molecule has 0 N–H and O–H groups in total. The first-order chi connectivity index (χ1) is 14.5. The smallest absolute Gasteiger partial charge is 0.302 e. The number of hydrogen-bond acceptors (Lipinski definition) is 3. The summed E-state index contributed by atoms with van der Waals surface area (Å²) in [6.07, 6.45) is 6.89. The van der Waals surface area contributed by atoms with Crippen LogP contribution in [0, 0.1) is 11.8 Å². The van der Waals surface area contributed by atoms with E-state index < -0.39 is 0 Å². The van der Waals surface area contributed by atoms with Crippen LogP contribution < -0.4 is 0 Å². The molecule has 2 rings (SSSR count). The molecule has 0 bridgehead atoms. The molecule has 1 heterocycles. The maximum Gasteiger partial charge on any atom is 0.302 e. The van der Waals surface area contributed by atoms with E-state index in [4.69, 9.17) is 4.74 Å². The second kappa shape index (κ2) is 11.5. The standard InChI is InChI=1S/C28H47NO2/c1-20(2)9-15-25(16-10-21(3)4)29-18-17-26(31-22(5)30)19-27(29)23-11-13-24(14-12-23)28(6,7)8/h11-14,20-21,25-27H,9-10,15-19H2,1-8H3. The van der Waals surface area contributed by atoms with Gasteiger partial charge in [-0.25, -0.2) is 0 Å². The molecule has 0 aromatic heterocycles. The molecule has 0 amide bonds. The fourth-order valence-corrected chi connectivity index (χ4v) is 4.79. The van der Waals surface area contributed by atoms with Crippen LogP contribution in [0.25, 0.3) is 0 Å². The van der Waals surface area contributed by atoms with Gasteiger partial charge in [0.15, 0.2) is 0 Å². The topological polar surface area (TPSA) is 29.5 Å². The van der Waals surface area contributed by atoms with Crippen LogP contribution in [0.2, 0.25) is 0 Å². The number of ether oxygens (including phenoxy) is 1. The number of carbonyl (C=O) groups is 1. The van der Waals surface area contributed by atoms with Crippen molar-refractivity contribution >= 4 is 5.97 Å². The summed E-state index contributed by atoms with van der Waals surface area (Å²) in [5.41, 5.74) is 2.89. The molecule has 0 radical (unpaired) electrons. The number of rotatable bonds is 9. The minimum Gasteiger partial charge on any atom is -0.462 e. The molecule has 0 saturated carbocycles. The third-order valence-electron chi connectivity index (χ3n) is 6.71. The number of hydrogen-bond donors (Lipinski definition) is 0. The van der Waals surface area contributed by atoms with Crippen LogP contribution in [0.4, 0.5) is 0 Å². The Balaban J connectivity index is 2.30. The summed E-state index contributed by atoms with van der Waals surface area (Å²) < 4.78 is 5.68. The average Bonchev–Trinajstić information content (AvgIpc) is 2.67. The second-order valence-electron chi connectivity index (χ2n) is 11.5. The lowest BCUT2D eigenvalue weighted by molar-refractivity contribution is -0.150. The molecule has 2 atom stereocenters. The number of carbonyl (C=O) groups excluding carboxylic acids is 1. The second-order valence-corrected chi connectivity index (χ2v) is 11.5. The van der Waals surface area contributed by atoms with Gasteiger partial charge in [-0.05, 0) is 60.5 Å². The fourth-order valence-electron chi connectivity index (χ4n) is 4.79. The number of esters is 1. The van der Waals surface area contributed by atoms with Gasteiger partial charge in [0.25, 0.3) is 0 Å². The van der Waals surface area contributed by atoms with E-state index >= 15 is 0 Å². The molecule has 1 aliphatic rings. The van der Waals surface area contributed by atoms with Crippen LogP contribution in [0.15, 0.2) is 24.3 Å². The van der Waals surface area contributed by atoms with E-state index in [9.17, 15) is 4.79 Å². The molecular formula is C28H47NO2. The summed E-state index contributed by atoms with van der Waals surface area (Å²) >= 11 is 0. The van der Waals surface area contributed by atoms with Crippen LogP contribution in [0.5, 0.6) is 0 Å². The maximum absolute atomic E-state index is 11.6. The van der Waals surface area contributed by atoms with Gasteiger partial charge in [0.1, 0.15) is 6.10 Å². The SMILES string of the molecule is CC(=O)OC1CCN(C(CCC(C)C)CCC(C)C)C(c2ccc(C(C)(C)C)cc2)C1. The van der Waals surface area contributed by atoms with Gasteiger partial charge >= 0.3 is 5.97 Å². The Bertz CT molecular complexity index is 659. The molecule has 176 valence electrons. The monoisotopic (exact) mass is 429 g/mol. The number of benzene rings is 1. The van der Waals surface area contributed by atoms with Crippen molar-refractivity contribution in [1.82, 2.24) is 4.90 Å². The number of piperidine rings is 1. The highest BCUT2D eigenvalue weighted by molar-refractivity contribution is 5.66. The molecular weight excluding hydrogens is 382 g/mol. The van der Waals surface area contributed by atoms with Gasteiger partial charge in [0.2, 0.25) is 0 Å². The lowest BCUT2D eigenvalue weighted by Crippen LogP contribution is -2.46. The van der Waals surface area contributed by atoms with E-state index in [2.05, 4.69) is 77.6 Å². The molecule has 1 aliphatic heterocycles. The van der Waals surface area contributed by atoms with Crippen molar-refractivity contribution in [3.05, 3.63) is 35.4 Å². The van der Waals surface area contributed by atoms with Gasteiger partial charge in [-0.2, -0.15) is 0 Å². The predicted octanol–water partition coefficient (Wildman–Crippen LogP) is 7.29. The molecule has 1 saturated heterocycles. The van der Waals surface area contributed by atoms with E-state index in [1.807, 2.05) is 0 Å². The van der Waals surface area contributed by atoms with E-state index in [-0.39, 0.29) is 17.5 Å².